The van der Waals surface area contributed by atoms with E-state index in [1.807, 2.05) is 60.7 Å². The lowest BCUT2D eigenvalue weighted by Crippen LogP contribution is -2.13. The average Bonchev–Trinajstić information content (AvgIpc) is 2.73. The van der Waals surface area contributed by atoms with Crippen LogP contribution in [0.3, 0.4) is 0 Å². The number of benzene rings is 2. The topological polar surface area (TPSA) is 59.9 Å². The number of rotatable bonds is 6. The summed E-state index contributed by atoms with van der Waals surface area (Å²) in [7, 11) is 0. The summed E-state index contributed by atoms with van der Waals surface area (Å²) >= 11 is 0. The minimum atomic E-state index is 0.548. The summed E-state index contributed by atoms with van der Waals surface area (Å²) < 4.78 is 5.80. The van der Waals surface area contributed by atoms with Crippen molar-refractivity contribution in [1.82, 2.24) is 15.0 Å². The largest absolute Gasteiger partial charge is 0.492 e. The zero-order valence-corrected chi connectivity index (χ0v) is 15.1. The normalized spacial score (nSPS) is 10.7. The summed E-state index contributed by atoms with van der Waals surface area (Å²) in [6.45, 7) is 3.25. The second kappa shape index (κ2) is 7.83. The fraction of sp³-hybridized carbons (Fsp3) is 0.136. The highest BCUT2D eigenvalue weighted by molar-refractivity contribution is 5.90. The Morgan fingerprint density at radius 1 is 0.889 bits per heavy atom. The van der Waals surface area contributed by atoms with E-state index in [0.717, 1.165) is 28.0 Å². The van der Waals surface area contributed by atoms with Crippen LogP contribution in [0, 0.1) is 6.92 Å². The van der Waals surface area contributed by atoms with Gasteiger partial charge < -0.3 is 10.1 Å². The van der Waals surface area contributed by atoms with Crippen molar-refractivity contribution in [2.45, 2.75) is 6.92 Å². The van der Waals surface area contributed by atoms with Gasteiger partial charge in [-0.1, -0.05) is 29.8 Å². The summed E-state index contributed by atoms with van der Waals surface area (Å²) in [5.74, 6) is 2.35. The number of nitrogens with one attached hydrogen (secondary N) is 1. The molecule has 134 valence electrons. The maximum absolute atomic E-state index is 5.80. The van der Waals surface area contributed by atoms with E-state index in [4.69, 9.17) is 9.72 Å². The third-order valence-electron chi connectivity index (χ3n) is 4.23. The molecule has 0 radical (unpaired) electrons. The maximum atomic E-state index is 5.80. The number of nitrogens with zero attached hydrogens (tertiary/aromatic N) is 3. The van der Waals surface area contributed by atoms with Crippen molar-refractivity contribution in [2.75, 3.05) is 18.5 Å². The smallest absolute Gasteiger partial charge is 0.162 e. The lowest BCUT2D eigenvalue weighted by atomic mass is 10.2. The molecule has 2 aromatic carbocycles. The van der Waals surface area contributed by atoms with E-state index in [0.29, 0.717) is 19.0 Å². The summed E-state index contributed by atoms with van der Waals surface area (Å²) in [6, 6.07) is 19.9. The molecule has 5 heteroatoms. The minimum absolute atomic E-state index is 0.548. The molecule has 5 nitrogen and oxygen atoms in total. The van der Waals surface area contributed by atoms with Crippen LogP contribution in [0.4, 0.5) is 5.82 Å². The van der Waals surface area contributed by atoms with Crippen LogP contribution < -0.4 is 10.1 Å². The van der Waals surface area contributed by atoms with E-state index >= 15 is 0 Å². The van der Waals surface area contributed by atoms with E-state index in [1.165, 1.54) is 5.56 Å². The molecule has 4 rings (SSSR count). The van der Waals surface area contributed by atoms with Crippen LogP contribution in [0.2, 0.25) is 0 Å². The van der Waals surface area contributed by atoms with Gasteiger partial charge in [0, 0.05) is 23.3 Å². The first-order chi connectivity index (χ1) is 13.3. The van der Waals surface area contributed by atoms with Gasteiger partial charge >= 0.3 is 0 Å². The molecule has 0 amide bonds. The number of pyridine rings is 1. The van der Waals surface area contributed by atoms with Crippen LogP contribution >= 0.6 is 0 Å². The Morgan fingerprint density at radius 2 is 1.67 bits per heavy atom. The van der Waals surface area contributed by atoms with E-state index in [-0.39, 0.29) is 0 Å². The third kappa shape index (κ3) is 4.03. The van der Waals surface area contributed by atoms with E-state index in [2.05, 4.69) is 22.2 Å². The number of aromatic nitrogens is 3. The molecule has 0 atom stereocenters. The van der Waals surface area contributed by atoms with Gasteiger partial charge in [-0.25, -0.2) is 9.97 Å². The van der Waals surface area contributed by atoms with E-state index in [1.54, 1.807) is 12.4 Å². The zero-order chi connectivity index (χ0) is 18.5. The summed E-state index contributed by atoms with van der Waals surface area (Å²) in [5, 5.41) is 4.38. The van der Waals surface area contributed by atoms with Crippen molar-refractivity contribution in [1.29, 1.82) is 0 Å². The SMILES string of the molecule is Cc1ccc(OCCNc2nc(-c3ccncc3)nc3ccccc23)cc1. The number of hydrogen-bond donors (Lipinski definition) is 1. The molecule has 27 heavy (non-hydrogen) atoms. The van der Waals surface area contributed by atoms with Crippen molar-refractivity contribution < 1.29 is 4.74 Å². The first kappa shape index (κ1) is 17.0. The zero-order valence-electron chi connectivity index (χ0n) is 15.1. The Balaban J connectivity index is 1.52. The fourth-order valence-electron chi connectivity index (χ4n) is 2.81. The number of anilines is 1. The van der Waals surface area contributed by atoms with Crippen molar-refractivity contribution in [3.8, 4) is 17.1 Å². The van der Waals surface area contributed by atoms with Crippen molar-refractivity contribution >= 4 is 16.7 Å². The highest BCUT2D eigenvalue weighted by Gasteiger charge is 2.09. The fourth-order valence-corrected chi connectivity index (χ4v) is 2.81. The molecule has 0 fully saturated rings. The molecule has 0 saturated heterocycles. The molecule has 1 N–H and O–H groups in total. The van der Waals surface area contributed by atoms with Crippen LogP contribution in [-0.2, 0) is 0 Å². The molecule has 0 saturated carbocycles. The van der Waals surface area contributed by atoms with Crippen molar-refractivity contribution in [3.63, 3.8) is 0 Å². The Morgan fingerprint density at radius 3 is 2.48 bits per heavy atom. The number of para-hydroxylation sites is 1. The maximum Gasteiger partial charge on any atom is 0.162 e. The van der Waals surface area contributed by atoms with Gasteiger partial charge in [-0.15, -0.1) is 0 Å². The van der Waals surface area contributed by atoms with Gasteiger partial charge in [0.15, 0.2) is 5.82 Å². The summed E-state index contributed by atoms with van der Waals surface area (Å²) in [6.07, 6.45) is 3.49. The molecule has 0 unspecified atom stereocenters. The third-order valence-corrected chi connectivity index (χ3v) is 4.23. The van der Waals surface area contributed by atoms with Gasteiger partial charge in [0.25, 0.3) is 0 Å². The molecule has 0 spiro atoms. The van der Waals surface area contributed by atoms with Crippen molar-refractivity contribution in [2.24, 2.45) is 0 Å². The van der Waals surface area contributed by atoms with E-state index in [9.17, 15) is 0 Å². The lowest BCUT2D eigenvalue weighted by Gasteiger charge is -2.12. The Hall–Kier alpha value is -3.47. The minimum Gasteiger partial charge on any atom is -0.492 e. The van der Waals surface area contributed by atoms with Crippen LogP contribution in [0.5, 0.6) is 5.75 Å². The molecule has 2 aromatic heterocycles. The standard InChI is InChI=1S/C22H20N4O/c1-16-6-8-18(9-7-16)27-15-14-24-22-19-4-2-3-5-20(19)25-21(26-22)17-10-12-23-13-11-17/h2-13H,14-15H2,1H3,(H,24,25,26). The second-order valence-corrected chi connectivity index (χ2v) is 6.24. The molecular weight excluding hydrogens is 336 g/mol. The predicted molar refractivity (Wildman–Crippen MR) is 108 cm³/mol. The molecule has 0 aliphatic rings. The number of ether oxygens (including phenoxy) is 1. The molecule has 0 aliphatic carbocycles. The lowest BCUT2D eigenvalue weighted by molar-refractivity contribution is 0.332. The van der Waals surface area contributed by atoms with E-state index < -0.39 is 0 Å². The average molecular weight is 356 g/mol. The van der Waals surface area contributed by atoms with Crippen molar-refractivity contribution in [3.05, 3.63) is 78.6 Å². The van der Waals surface area contributed by atoms with Gasteiger partial charge in [-0.2, -0.15) is 0 Å². The van der Waals surface area contributed by atoms with Crippen LogP contribution in [-0.4, -0.2) is 28.1 Å². The van der Waals surface area contributed by atoms with Gasteiger partial charge in [0.2, 0.25) is 0 Å². The van der Waals surface area contributed by atoms with Gasteiger partial charge in [0.05, 0.1) is 12.1 Å². The van der Waals surface area contributed by atoms with Gasteiger partial charge in [-0.3, -0.25) is 4.98 Å². The Labute approximate surface area is 158 Å². The van der Waals surface area contributed by atoms with Gasteiger partial charge in [-0.05, 0) is 43.3 Å². The highest BCUT2D eigenvalue weighted by atomic mass is 16.5. The summed E-state index contributed by atoms with van der Waals surface area (Å²) in [4.78, 5) is 13.5. The van der Waals surface area contributed by atoms with Gasteiger partial charge in [0.1, 0.15) is 18.2 Å². The molecular formula is C22H20N4O. The number of aryl methyl sites for hydroxylation is 1. The molecule has 4 aromatic rings. The molecule has 0 aliphatic heterocycles. The van der Waals surface area contributed by atoms with Crippen LogP contribution in [0.15, 0.2) is 73.1 Å². The predicted octanol–water partition coefficient (Wildman–Crippen LogP) is 4.49. The monoisotopic (exact) mass is 356 g/mol. The first-order valence-corrected chi connectivity index (χ1v) is 8.90. The molecule has 2 heterocycles. The summed E-state index contributed by atoms with van der Waals surface area (Å²) in [5.41, 5.74) is 3.06. The second-order valence-electron chi connectivity index (χ2n) is 6.24. The Bertz CT molecular complexity index is 1030. The first-order valence-electron chi connectivity index (χ1n) is 8.90. The highest BCUT2D eigenvalue weighted by Crippen LogP contribution is 2.24. The molecule has 0 bridgehead atoms. The van der Waals surface area contributed by atoms with Crippen LogP contribution in [0.25, 0.3) is 22.3 Å². The number of fused-ring (bicyclic) bond motifs is 1. The Kier molecular flexibility index (Phi) is 4.92. The quantitative estimate of drug-likeness (QED) is 0.516. The number of hydrogen-bond acceptors (Lipinski definition) is 5. The van der Waals surface area contributed by atoms with Crippen LogP contribution in [0.1, 0.15) is 5.56 Å².